The maximum atomic E-state index is 10.8. The lowest BCUT2D eigenvalue weighted by Gasteiger charge is -2.23. The van der Waals surface area contributed by atoms with E-state index in [0.29, 0.717) is 6.42 Å². The van der Waals surface area contributed by atoms with Gasteiger partial charge in [-0.25, -0.2) is 0 Å². The van der Waals surface area contributed by atoms with Crippen molar-refractivity contribution in [2.75, 3.05) is 5.75 Å². The topological polar surface area (TPSA) is 69.1 Å². The zero-order valence-corrected chi connectivity index (χ0v) is 6.78. The highest BCUT2D eigenvalue weighted by molar-refractivity contribution is 8.00. The van der Waals surface area contributed by atoms with Crippen molar-refractivity contribution in [3.63, 3.8) is 0 Å². The average molecular weight is 160 g/mol. The summed E-state index contributed by atoms with van der Waals surface area (Å²) in [6.45, 7) is 1.95. The predicted octanol–water partition coefficient (Wildman–Crippen LogP) is -0.305. The van der Waals surface area contributed by atoms with Crippen molar-refractivity contribution in [2.45, 2.75) is 24.1 Å². The van der Waals surface area contributed by atoms with Gasteiger partial charge in [-0.05, 0) is 12.2 Å². The van der Waals surface area contributed by atoms with Crippen LogP contribution >= 0.6 is 11.8 Å². The molecule has 3 nitrogen and oxygen atoms in total. The fraction of sp³-hybridized carbons (Fsp3) is 0.833. The molecule has 0 aliphatic carbocycles. The molecular weight excluding hydrogens is 148 g/mol. The van der Waals surface area contributed by atoms with Gasteiger partial charge < -0.3 is 11.5 Å². The first-order valence-electron chi connectivity index (χ1n) is 3.28. The molecule has 1 aliphatic rings. The van der Waals surface area contributed by atoms with Crippen LogP contribution in [0.2, 0.25) is 0 Å². The molecule has 1 saturated heterocycles. The van der Waals surface area contributed by atoms with Gasteiger partial charge in [-0.15, -0.1) is 0 Å². The zero-order valence-electron chi connectivity index (χ0n) is 5.96. The number of hydrogen-bond donors (Lipinski definition) is 2. The van der Waals surface area contributed by atoms with Gasteiger partial charge in [0, 0.05) is 5.25 Å². The Balaban J connectivity index is 2.75. The third kappa shape index (κ3) is 1.01. The SMILES string of the molecule is CC1SCCC1(N)C(N)=O. The second-order valence-corrected chi connectivity index (χ2v) is 4.12. The minimum Gasteiger partial charge on any atom is -0.368 e. The van der Waals surface area contributed by atoms with Crippen LogP contribution < -0.4 is 11.5 Å². The minimum absolute atomic E-state index is 0.171. The molecule has 1 aliphatic heterocycles. The lowest BCUT2D eigenvalue weighted by Crippen LogP contribution is -2.55. The van der Waals surface area contributed by atoms with E-state index in [1.165, 1.54) is 0 Å². The standard InChI is InChI=1S/C6H12N2OS/c1-4-6(8,5(7)9)2-3-10-4/h4H,2-3,8H2,1H3,(H2,7,9). The molecule has 0 aromatic heterocycles. The molecule has 1 amide bonds. The maximum absolute atomic E-state index is 10.8. The number of carbonyl (C=O) groups is 1. The summed E-state index contributed by atoms with van der Waals surface area (Å²) < 4.78 is 0. The van der Waals surface area contributed by atoms with Crippen LogP contribution in [-0.2, 0) is 4.79 Å². The Labute approximate surface area is 64.5 Å². The van der Waals surface area contributed by atoms with E-state index in [9.17, 15) is 4.79 Å². The molecule has 0 radical (unpaired) electrons. The van der Waals surface area contributed by atoms with Gasteiger partial charge in [0.15, 0.2) is 0 Å². The predicted molar refractivity (Wildman–Crippen MR) is 42.6 cm³/mol. The molecule has 0 bridgehead atoms. The van der Waals surface area contributed by atoms with E-state index in [1.807, 2.05) is 6.92 Å². The second-order valence-electron chi connectivity index (χ2n) is 2.67. The molecular formula is C6H12N2OS. The number of thioether (sulfide) groups is 1. The average Bonchev–Trinajstić information content (AvgIpc) is 2.15. The molecule has 1 fully saturated rings. The Bertz CT molecular complexity index is 162. The molecule has 0 saturated carbocycles. The lowest BCUT2D eigenvalue weighted by molar-refractivity contribution is -0.122. The first-order chi connectivity index (χ1) is 4.57. The molecule has 2 unspecified atom stereocenters. The van der Waals surface area contributed by atoms with Crippen molar-refractivity contribution in [3.05, 3.63) is 0 Å². The fourth-order valence-electron chi connectivity index (χ4n) is 1.08. The van der Waals surface area contributed by atoms with E-state index in [-0.39, 0.29) is 11.2 Å². The number of amides is 1. The van der Waals surface area contributed by atoms with E-state index >= 15 is 0 Å². The highest BCUT2D eigenvalue weighted by atomic mass is 32.2. The van der Waals surface area contributed by atoms with Gasteiger partial charge in [-0.3, -0.25) is 4.79 Å². The normalized spacial score (nSPS) is 40.0. The van der Waals surface area contributed by atoms with Gasteiger partial charge in [0.05, 0.1) is 0 Å². The van der Waals surface area contributed by atoms with Crippen molar-refractivity contribution in [2.24, 2.45) is 11.5 Å². The highest BCUT2D eigenvalue weighted by Crippen LogP contribution is 2.33. The number of rotatable bonds is 1. The smallest absolute Gasteiger partial charge is 0.238 e. The molecule has 0 spiro atoms. The van der Waals surface area contributed by atoms with Gasteiger partial charge in [0.2, 0.25) is 5.91 Å². The second kappa shape index (κ2) is 2.43. The van der Waals surface area contributed by atoms with Crippen LogP contribution in [0.3, 0.4) is 0 Å². The van der Waals surface area contributed by atoms with Crippen LogP contribution in [0, 0.1) is 0 Å². The van der Waals surface area contributed by atoms with Crippen LogP contribution in [0.4, 0.5) is 0 Å². The van der Waals surface area contributed by atoms with E-state index in [2.05, 4.69) is 0 Å². The molecule has 4 heteroatoms. The summed E-state index contributed by atoms with van der Waals surface area (Å²) in [7, 11) is 0. The molecule has 2 atom stereocenters. The fourth-order valence-corrected chi connectivity index (χ4v) is 2.42. The van der Waals surface area contributed by atoms with Crippen LogP contribution in [0.1, 0.15) is 13.3 Å². The lowest BCUT2D eigenvalue weighted by atomic mass is 9.94. The molecule has 58 valence electrons. The first-order valence-corrected chi connectivity index (χ1v) is 4.32. The Morgan fingerprint density at radius 3 is 2.60 bits per heavy atom. The molecule has 0 aromatic carbocycles. The van der Waals surface area contributed by atoms with Crippen LogP contribution in [0.15, 0.2) is 0 Å². The highest BCUT2D eigenvalue weighted by Gasteiger charge is 2.42. The van der Waals surface area contributed by atoms with Crippen molar-refractivity contribution in [1.29, 1.82) is 0 Å². The number of carbonyl (C=O) groups excluding carboxylic acids is 1. The van der Waals surface area contributed by atoms with Crippen LogP contribution in [0.5, 0.6) is 0 Å². The molecule has 0 aromatic rings. The van der Waals surface area contributed by atoms with Gasteiger partial charge in [-0.2, -0.15) is 11.8 Å². The van der Waals surface area contributed by atoms with Crippen molar-refractivity contribution in [3.8, 4) is 0 Å². The summed E-state index contributed by atoms with van der Waals surface area (Å²) in [4.78, 5) is 10.8. The summed E-state index contributed by atoms with van der Waals surface area (Å²) >= 11 is 1.71. The third-order valence-corrected chi connectivity index (χ3v) is 3.43. The maximum Gasteiger partial charge on any atom is 0.238 e. The van der Waals surface area contributed by atoms with Gasteiger partial charge in [0.1, 0.15) is 5.54 Å². The van der Waals surface area contributed by atoms with Gasteiger partial charge in [-0.1, -0.05) is 6.92 Å². The van der Waals surface area contributed by atoms with Gasteiger partial charge in [0.25, 0.3) is 0 Å². The van der Waals surface area contributed by atoms with Gasteiger partial charge >= 0.3 is 0 Å². The Kier molecular flexibility index (Phi) is 1.92. The van der Waals surface area contributed by atoms with Crippen molar-refractivity contribution < 1.29 is 4.79 Å². The minimum atomic E-state index is -0.745. The summed E-state index contributed by atoms with van der Waals surface area (Å²) in [6.07, 6.45) is 0.716. The van der Waals surface area contributed by atoms with E-state index in [4.69, 9.17) is 11.5 Å². The third-order valence-electron chi connectivity index (χ3n) is 2.07. The quantitative estimate of drug-likeness (QED) is 0.553. The number of nitrogens with two attached hydrogens (primary N) is 2. The Morgan fingerprint density at radius 2 is 2.40 bits per heavy atom. The molecule has 4 N–H and O–H groups in total. The summed E-state index contributed by atoms with van der Waals surface area (Å²) in [5.74, 6) is 0.575. The van der Waals surface area contributed by atoms with E-state index < -0.39 is 5.54 Å². The monoisotopic (exact) mass is 160 g/mol. The molecule has 1 heterocycles. The zero-order chi connectivity index (χ0) is 7.78. The number of primary amides is 1. The Morgan fingerprint density at radius 1 is 1.80 bits per heavy atom. The largest absolute Gasteiger partial charge is 0.368 e. The Hall–Kier alpha value is -0.220. The van der Waals surface area contributed by atoms with Crippen molar-refractivity contribution >= 4 is 17.7 Å². The summed E-state index contributed by atoms with van der Waals surface area (Å²) in [6, 6.07) is 0. The van der Waals surface area contributed by atoms with E-state index in [1.54, 1.807) is 11.8 Å². The van der Waals surface area contributed by atoms with Crippen LogP contribution in [0.25, 0.3) is 0 Å². The van der Waals surface area contributed by atoms with Crippen LogP contribution in [-0.4, -0.2) is 22.4 Å². The summed E-state index contributed by atoms with van der Waals surface area (Å²) in [5.41, 5.74) is 10.1. The number of hydrogen-bond acceptors (Lipinski definition) is 3. The summed E-state index contributed by atoms with van der Waals surface area (Å²) in [5, 5.41) is 0.171. The van der Waals surface area contributed by atoms with Crippen molar-refractivity contribution in [1.82, 2.24) is 0 Å². The molecule has 1 rings (SSSR count). The van der Waals surface area contributed by atoms with E-state index in [0.717, 1.165) is 5.75 Å². The first kappa shape index (κ1) is 7.88. The molecule has 10 heavy (non-hydrogen) atoms.